The maximum Gasteiger partial charge on any atom is 0.311 e. The summed E-state index contributed by atoms with van der Waals surface area (Å²) in [4.78, 5) is 38.0. The standard InChI is InChI=1S/C21H19N3O4/c1-14-2-8-18(9-3-14)24-12-16(10-20(24)26)21(27)28-13-19(25)23-17-6-4-15(11-22)5-7-17/h2-9,16H,10,12-13H2,1H3,(H,23,25). The van der Waals surface area contributed by atoms with Crippen molar-refractivity contribution in [2.75, 3.05) is 23.4 Å². The number of nitrogens with zero attached hydrogens (tertiary/aromatic N) is 2. The highest BCUT2D eigenvalue weighted by atomic mass is 16.5. The zero-order valence-corrected chi connectivity index (χ0v) is 15.3. The summed E-state index contributed by atoms with van der Waals surface area (Å²) in [6, 6.07) is 15.8. The molecule has 1 aliphatic heterocycles. The lowest BCUT2D eigenvalue weighted by Gasteiger charge is -2.16. The highest BCUT2D eigenvalue weighted by Crippen LogP contribution is 2.26. The topological polar surface area (TPSA) is 99.5 Å². The molecule has 1 N–H and O–H groups in total. The Bertz CT molecular complexity index is 930. The molecule has 142 valence electrons. The number of ether oxygens (including phenoxy) is 1. The van der Waals surface area contributed by atoms with Gasteiger partial charge in [0.2, 0.25) is 5.91 Å². The van der Waals surface area contributed by atoms with Crippen molar-refractivity contribution in [3.8, 4) is 6.07 Å². The lowest BCUT2D eigenvalue weighted by molar-refractivity contribution is -0.151. The number of carbonyl (C=O) groups is 3. The number of benzene rings is 2. The Morgan fingerprint density at radius 2 is 1.86 bits per heavy atom. The number of hydrogen-bond donors (Lipinski definition) is 1. The van der Waals surface area contributed by atoms with Crippen molar-refractivity contribution in [2.45, 2.75) is 13.3 Å². The summed E-state index contributed by atoms with van der Waals surface area (Å²) in [5.74, 6) is -1.81. The Kier molecular flexibility index (Phi) is 5.70. The second-order valence-electron chi connectivity index (χ2n) is 6.59. The third-order valence-electron chi connectivity index (χ3n) is 4.45. The quantitative estimate of drug-likeness (QED) is 0.807. The Labute approximate surface area is 162 Å². The number of amides is 2. The summed E-state index contributed by atoms with van der Waals surface area (Å²) in [7, 11) is 0. The monoisotopic (exact) mass is 377 g/mol. The predicted molar refractivity (Wildman–Crippen MR) is 102 cm³/mol. The molecule has 1 saturated heterocycles. The minimum Gasteiger partial charge on any atom is -0.455 e. The van der Waals surface area contributed by atoms with Gasteiger partial charge in [0.15, 0.2) is 6.61 Å². The first-order valence-electron chi connectivity index (χ1n) is 8.80. The maximum atomic E-state index is 12.2. The second kappa shape index (κ2) is 8.35. The molecule has 7 heteroatoms. The van der Waals surface area contributed by atoms with E-state index in [-0.39, 0.29) is 18.9 Å². The molecule has 0 saturated carbocycles. The molecule has 7 nitrogen and oxygen atoms in total. The molecule has 1 fully saturated rings. The number of nitriles is 1. The fraction of sp³-hybridized carbons (Fsp3) is 0.238. The van der Waals surface area contributed by atoms with Crippen LogP contribution in [-0.4, -0.2) is 30.9 Å². The van der Waals surface area contributed by atoms with Crippen molar-refractivity contribution in [2.24, 2.45) is 5.92 Å². The van der Waals surface area contributed by atoms with Crippen LogP contribution in [0.2, 0.25) is 0 Å². The van der Waals surface area contributed by atoms with E-state index in [1.807, 2.05) is 37.3 Å². The smallest absolute Gasteiger partial charge is 0.311 e. The zero-order chi connectivity index (χ0) is 20.1. The molecule has 0 spiro atoms. The summed E-state index contributed by atoms with van der Waals surface area (Å²) in [6.07, 6.45) is 0.0595. The largest absolute Gasteiger partial charge is 0.455 e. The van der Waals surface area contributed by atoms with Gasteiger partial charge in [-0.2, -0.15) is 5.26 Å². The molecular weight excluding hydrogens is 358 g/mol. The molecule has 1 heterocycles. The van der Waals surface area contributed by atoms with E-state index in [4.69, 9.17) is 10.00 Å². The maximum absolute atomic E-state index is 12.2. The summed E-state index contributed by atoms with van der Waals surface area (Å²) in [5.41, 5.74) is 2.80. The summed E-state index contributed by atoms with van der Waals surface area (Å²) in [5, 5.41) is 11.3. The van der Waals surface area contributed by atoms with Gasteiger partial charge in [-0.25, -0.2) is 0 Å². The van der Waals surface area contributed by atoms with Crippen molar-refractivity contribution >= 4 is 29.2 Å². The molecule has 0 aromatic heterocycles. The normalized spacial score (nSPS) is 15.8. The van der Waals surface area contributed by atoms with Crippen LogP contribution in [0.5, 0.6) is 0 Å². The van der Waals surface area contributed by atoms with Gasteiger partial charge in [-0.05, 0) is 43.3 Å². The van der Waals surface area contributed by atoms with E-state index in [0.29, 0.717) is 11.3 Å². The fourth-order valence-electron chi connectivity index (χ4n) is 2.92. The van der Waals surface area contributed by atoms with Crippen molar-refractivity contribution in [3.63, 3.8) is 0 Å². The van der Waals surface area contributed by atoms with Gasteiger partial charge in [0.05, 0.1) is 17.6 Å². The summed E-state index contributed by atoms with van der Waals surface area (Å²) < 4.78 is 5.07. The molecular formula is C21H19N3O4. The number of anilines is 2. The lowest BCUT2D eigenvalue weighted by atomic mass is 10.1. The number of nitrogens with one attached hydrogen (secondary N) is 1. The highest BCUT2D eigenvalue weighted by Gasteiger charge is 2.36. The third-order valence-corrected chi connectivity index (χ3v) is 4.45. The molecule has 1 aliphatic rings. The van der Waals surface area contributed by atoms with E-state index < -0.39 is 24.4 Å². The van der Waals surface area contributed by atoms with Crippen LogP contribution in [0.4, 0.5) is 11.4 Å². The van der Waals surface area contributed by atoms with Crippen LogP contribution in [0.15, 0.2) is 48.5 Å². The molecule has 0 radical (unpaired) electrons. The number of esters is 1. The molecule has 2 aromatic rings. The number of rotatable bonds is 5. The van der Waals surface area contributed by atoms with E-state index in [1.54, 1.807) is 29.2 Å². The highest BCUT2D eigenvalue weighted by molar-refractivity contribution is 6.00. The average molecular weight is 377 g/mol. The number of hydrogen-bond acceptors (Lipinski definition) is 5. The Hall–Kier alpha value is -3.66. The lowest BCUT2D eigenvalue weighted by Crippen LogP contribution is -2.28. The van der Waals surface area contributed by atoms with E-state index in [0.717, 1.165) is 11.3 Å². The van der Waals surface area contributed by atoms with Gasteiger partial charge in [-0.1, -0.05) is 17.7 Å². The molecule has 0 bridgehead atoms. The number of carbonyl (C=O) groups excluding carboxylic acids is 3. The van der Waals surface area contributed by atoms with E-state index in [1.165, 1.54) is 0 Å². The molecule has 1 unspecified atom stereocenters. The van der Waals surface area contributed by atoms with Gasteiger partial charge in [0.25, 0.3) is 5.91 Å². The van der Waals surface area contributed by atoms with Crippen LogP contribution >= 0.6 is 0 Å². The first-order valence-corrected chi connectivity index (χ1v) is 8.80. The number of aryl methyl sites for hydroxylation is 1. The molecule has 0 aliphatic carbocycles. The van der Waals surface area contributed by atoms with Crippen molar-refractivity contribution in [1.82, 2.24) is 0 Å². The van der Waals surface area contributed by atoms with Crippen molar-refractivity contribution < 1.29 is 19.1 Å². The molecule has 28 heavy (non-hydrogen) atoms. The van der Waals surface area contributed by atoms with Gasteiger partial charge in [-0.3, -0.25) is 14.4 Å². The van der Waals surface area contributed by atoms with Crippen LogP contribution in [-0.2, 0) is 19.1 Å². The first kappa shape index (κ1) is 19.1. The van der Waals surface area contributed by atoms with Crippen molar-refractivity contribution in [3.05, 3.63) is 59.7 Å². The van der Waals surface area contributed by atoms with E-state index in [2.05, 4.69) is 5.32 Å². The minimum absolute atomic E-state index is 0.0595. The molecule has 1 atom stereocenters. The Morgan fingerprint density at radius 1 is 1.18 bits per heavy atom. The summed E-state index contributed by atoms with van der Waals surface area (Å²) in [6.45, 7) is 1.75. The Morgan fingerprint density at radius 3 is 2.50 bits per heavy atom. The fourth-order valence-corrected chi connectivity index (χ4v) is 2.92. The van der Waals surface area contributed by atoms with E-state index >= 15 is 0 Å². The van der Waals surface area contributed by atoms with Crippen LogP contribution in [0, 0.1) is 24.2 Å². The van der Waals surface area contributed by atoms with Gasteiger partial charge in [-0.15, -0.1) is 0 Å². The van der Waals surface area contributed by atoms with Crippen LogP contribution < -0.4 is 10.2 Å². The third kappa shape index (κ3) is 4.54. The molecule has 3 rings (SSSR count). The van der Waals surface area contributed by atoms with Gasteiger partial charge in [0.1, 0.15) is 0 Å². The van der Waals surface area contributed by atoms with Crippen LogP contribution in [0.1, 0.15) is 17.5 Å². The second-order valence-corrected chi connectivity index (χ2v) is 6.59. The van der Waals surface area contributed by atoms with Gasteiger partial charge in [0, 0.05) is 24.3 Å². The van der Waals surface area contributed by atoms with Crippen LogP contribution in [0.3, 0.4) is 0 Å². The molecule has 2 amide bonds. The minimum atomic E-state index is -0.600. The van der Waals surface area contributed by atoms with Crippen molar-refractivity contribution in [1.29, 1.82) is 5.26 Å². The zero-order valence-electron chi connectivity index (χ0n) is 15.3. The van der Waals surface area contributed by atoms with Crippen LogP contribution in [0.25, 0.3) is 0 Å². The van der Waals surface area contributed by atoms with E-state index in [9.17, 15) is 14.4 Å². The Balaban J connectivity index is 1.50. The van der Waals surface area contributed by atoms with Gasteiger partial charge < -0.3 is 15.0 Å². The van der Waals surface area contributed by atoms with Gasteiger partial charge >= 0.3 is 5.97 Å². The molecule has 2 aromatic carbocycles. The first-order chi connectivity index (χ1) is 13.5. The predicted octanol–water partition coefficient (Wildman–Crippen LogP) is 2.40. The summed E-state index contributed by atoms with van der Waals surface area (Å²) >= 11 is 0. The average Bonchev–Trinajstić information content (AvgIpc) is 3.09. The SMILES string of the molecule is Cc1ccc(N2CC(C(=O)OCC(=O)Nc3ccc(C#N)cc3)CC2=O)cc1.